The van der Waals surface area contributed by atoms with Gasteiger partial charge >= 0.3 is 5.97 Å². The van der Waals surface area contributed by atoms with E-state index in [0.29, 0.717) is 12.0 Å². The molecule has 0 spiro atoms. The van der Waals surface area contributed by atoms with E-state index >= 15 is 0 Å². The molecule has 0 N–H and O–H groups in total. The maximum atomic E-state index is 11.3. The zero-order valence-corrected chi connectivity index (χ0v) is 10.9. The van der Waals surface area contributed by atoms with Gasteiger partial charge in [-0.25, -0.2) is 4.79 Å². The zero-order chi connectivity index (χ0) is 13.3. The van der Waals surface area contributed by atoms with E-state index in [2.05, 4.69) is 10.8 Å². The van der Waals surface area contributed by atoms with E-state index in [9.17, 15) is 4.79 Å². The number of hydrogen-bond acceptors (Lipinski definition) is 3. The first-order valence-electron chi connectivity index (χ1n) is 5.74. The third kappa shape index (κ3) is 4.69. The first-order chi connectivity index (χ1) is 8.19. The number of nitriles is 1. The standard InChI is InChI=1S/C12H13NO2.C2H6/c1-9(6-7-13)10-4-3-5-11(8-10)12(14)15-2;1-2/h3-5,8-9H,6H2,1-2H3;1-2H3. The van der Waals surface area contributed by atoms with E-state index in [-0.39, 0.29) is 11.9 Å². The largest absolute Gasteiger partial charge is 0.465 e. The summed E-state index contributed by atoms with van der Waals surface area (Å²) in [4.78, 5) is 11.3. The summed E-state index contributed by atoms with van der Waals surface area (Å²) in [5.41, 5.74) is 1.51. The second kappa shape index (κ2) is 8.35. The second-order valence-electron chi connectivity index (χ2n) is 3.38. The van der Waals surface area contributed by atoms with Gasteiger partial charge in [-0.3, -0.25) is 0 Å². The summed E-state index contributed by atoms with van der Waals surface area (Å²) in [5, 5.41) is 8.58. The van der Waals surface area contributed by atoms with Crippen LogP contribution in [0, 0.1) is 11.3 Å². The van der Waals surface area contributed by atoms with Crippen LogP contribution in [-0.4, -0.2) is 13.1 Å². The minimum Gasteiger partial charge on any atom is -0.465 e. The first-order valence-corrected chi connectivity index (χ1v) is 5.74. The summed E-state index contributed by atoms with van der Waals surface area (Å²) in [5.74, 6) is -0.208. The average Bonchev–Trinajstić information content (AvgIpc) is 2.40. The van der Waals surface area contributed by atoms with Crippen LogP contribution in [-0.2, 0) is 4.74 Å². The molecule has 0 saturated heterocycles. The van der Waals surface area contributed by atoms with Gasteiger partial charge in [0, 0.05) is 6.42 Å². The molecule has 0 fully saturated rings. The SMILES string of the molecule is CC.COC(=O)c1cccc(C(C)CC#N)c1. The molecule has 92 valence electrons. The van der Waals surface area contributed by atoms with Crippen molar-refractivity contribution in [2.75, 3.05) is 7.11 Å². The van der Waals surface area contributed by atoms with Gasteiger partial charge in [-0.15, -0.1) is 0 Å². The third-order valence-electron chi connectivity index (χ3n) is 2.27. The molecule has 0 aliphatic heterocycles. The van der Waals surface area contributed by atoms with Gasteiger partial charge in [-0.05, 0) is 23.6 Å². The molecule has 0 radical (unpaired) electrons. The molecule has 0 bridgehead atoms. The Labute approximate surface area is 103 Å². The Kier molecular flexibility index (Phi) is 7.45. The van der Waals surface area contributed by atoms with Gasteiger partial charge in [-0.1, -0.05) is 32.9 Å². The van der Waals surface area contributed by atoms with E-state index in [1.165, 1.54) is 7.11 Å². The highest BCUT2D eigenvalue weighted by Crippen LogP contribution is 2.19. The number of benzene rings is 1. The highest BCUT2D eigenvalue weighted by atomic mass is 16.5. The lowest BCUT2D eigenvalue weighted by Gasteiger charge is -2.08. The van der Waals surface area contributed by atoms with Crippen LogP contribution in [0.5, 0.6) is 0 Å². The van der Waals surface area contributed by atoms with Crippen LogP contribution >= 0.6 is 0 Å². The molecular weight excluding hydrogens is 214 g/mol. The fraction of sp³-hybridized carbons (Fsp3) is 0.429. The number of esters is 1. The molecule has 3 nitrogen and oxygen atoms in total. The summed E-state index contributed by atoms with van der Waals surface area (Å²) in [6.07, 6.45) is 0.449. The van der Waals surface area contributed by atoms with Crippen molar-refractivity contribution in [3.8, 4) is 6.07 Å². The molecular formula is C14H19NO2. The summed E-state index contributed by atoms with van der Waals surface area (Å²) in [7, 11) is 1.35. The van der Waals surface area contributed by atoms with Crippen LogP contribution in [0.1, 0.15) is 49.0 Å². The average molecular weight is 233 g/mol. The van der Waals surface area contributed by atoms with Crippen molar-refractivity contribution in [2.24, 2.45) is 0 Å². The molecule has 1 atom stereocenters. The van der Waals surface area contributed by atoms with E-state index in [4.69, 9.17) is 5.26 Å². The van der Waals surface area contributed by atoms with Crippen molar-refractivity contribution < 1.29 is 9.53 Å². The highest BCUT2D eigenvalue weighted by Gasteiger charge is 2.09. The van der Waals surface area contributed by atoms with Crippen molar-refractivity contribution in [3.63, 3.8) is 0 Å². The van der Waals surface area contributed by atoms with Gasteiger partial charge in [0.15, 0.2) is 0 Å². The molecule has 0 saturated carbocycles. The number of nitrogens with zero attached hydrogens (tertiary/aromatic N) is 1. The number of methoxy groups -OCH3 is 1. The van der Waals surface area contributed by atoms with Crippen LogP contribution < -0.4 is 0 Å². The molecule has 0 amide bonds. The first kappa shape index (κ1) is 15.2. The van der Waals surface area contributed by atoms with E-state index in [0.717, 1.165) is 5.56 Å². The molecule has 1 aromatic rings. The van der Waals surface area contributed by atoms with Crippen molar-refractivity contribution in [1.82, 2.24) is 0 Å². The van der Waals surface area contributed by atoms with Crippen molar-refractivity contribution >= 4 is 5.97 Å². The minimum absolute atomic E-state index is 0.139. The van der Waals surface area contributed by atoms with Crippen LogP contribution in [0.2, 0.25) is 0 Å². The van der Waals surface area contributed by atoms with E-state index in [1.54, 1.807) is 18.2 Å². The quantitative estimate of drug-likeness (QED) is 0.750. The monoisotopic (exact) mass is 233 g/mol. The smallest absolute Gasteiger partial charge is 0.337 e. The Morgan fingerprint density at radius 1 is 1.47 bits per heavy atom. The summed E-state index contributed by atoms with van der Waals surface area (Å²) >= 11 is 0. The van der Waals surface area contributed by atoms with Gasteiger partial charge < -0.3 is 4.74 Å². The van der Waals surface area contributed by atoms with Crippen LogP contribution in [0.3, 0.4) is 0 Å². The molecule has 1 rings (SSSR count). The normalized spacial score (nSPS) is 10.5. The van der Waals surface area contributed by atoms with Crippen molar-refractivity contribution in [2.45, 2.75) is 33.1 Å². The molecule has 3 heteroatoms. The summed E-state index contributed by atoms with van der Waals surface area (Å²) in [6.45, 7) is 5.96. The van der Waals surface area contributed by atoms with E-state index < -0.39 is 0 Å². The lowest BCUT2D eigenvalue weighted by molar-refractivity contribution is 0.0600. The molecule has 0 heterocycles. The van der Waals surface area contributed by atoms with Gasteiger partial charge in [0.2, 0.25) is 0 Å². The number of carbonyl (C=O) groups excluding carboxylic acids is 1. The number of hydrogen-bond donors (Lipinski definition) is 0. The van der Waals surface area contributed by atoms with Crippen molar-refractivity contribution in [3.05, 3.63) is 35.4 Å². The van der Waals surface area contributed by atoms with Gasteiger partial charge in [0.1, 0.15) is 0 Å². The fourth-order valence-electron chi connectivity index (χ4n) is 1.34. The Balaban J connectivity index is 0.00000121. The maximum absolute atomic E-state index is 11.3. The number of ether oxygens (including phenoxy) is 1. The molecule has 1 aromatic carbocycles. The lowest BCUT2D eigenvalue weighted by Crippen LogP contribution is -2.02. The van der Waals surface area contributed by atoms with Gasteiger partial charge in [0.05, 0.1) is 18.7 Å². The second-order valence-corrected chi connectivity index (χ2v) is 3.38. The maximum Gasteiger partial charge on any atom is 0.337 e. The molecule has 17 heavy (non-hydrogen) atoms. The number of carbonyl (C=O) groups is 1. The Morgan fingerprint density at radius 3 is 2.65 bits per heavy atom. The number of rotatable bonds is 3. The van der Waals surface area contributed by atoms with Crippen LogP contribution in [0.4, 0.5) is 0 Å². The summed E-state index contributed by atoms with van der Waals surface area (Å²) in [6, 6.07) is 9.30. The Morgan fingerprint density at radius 2 is 2.12 bits per heavy atom. The van der Waals surface area contributed by atoms with Crippen LogP contribution in [0.15, 0.2) is 24.3 Å². The molecule has 0 aromatic heterocycles. The minimum atomic E-state index is -0.346. The summed E-state index contributed by atoms with van der Waals surface area (Å²) < 4.78 is 4.63. The van der Waals surface area contributed by atoms with E-state index in [1.807, 2.05) is 26.8 Å². The predicted octanol–water partition coefficient (Wildman–Crippen LogP) is 3.52. The Bertz CT molecular complexity index is 393. The topological polar surface area (TPSA) is 50.1 Å². The Hall–Kier alpha value is -1.82. The van der Waals surface area contributed by atoms with Crippen molar-refractivity contribution in [1.29, 1.82) is 5.26 Å². The third-order valence-corrected chi connectivity index (χ3v) is 2.27. The molecule has 0 aliphatic carbocycles. The highest BCUT2D eigenvalue weighted by molar-refractivity contribution is 5.89. The zero-order valence-electron chi connectivity index (χ0n) is 10.9. The molecule has 1 unspecified atom stereocenters. The lowest BCUT2D eigenvalue weighted by atomic mass is 9.97. The molecule has 0 aliphatic rings. The van der Waals surface area contributed by atoms with Gasteiger partial charge in [0.25, 0.3) is 0 Å². The van der Waals surface area contributed by atoms with Gasteiger partial charge in [-0.2, -0.15) is 5.26 Å². The van der Waals surface area contributed by atoms with Crippen LogP contribution in [0.25, 0.3) is 0 Å². The fourth-order valence-corrected chi connectivity index (χ4v) is 1.34. The predicted molar refractivity (Wildman–Crippen MR) is 67.8 cm³/mol.